The Kier molecular flexibility index (Phi) is 5.67. The number of piperidine rings is 1. The lowest BCUT2D eigenvalue weighted by Crippen LogP contribution is -2.47. The minimum Gasteiger partial charge on any atom is -0.457 e. The molecule has 0 aromatic heterocycles. The summed E-state index contributed by atoms with van der Waals surface area (Å²) in [5.74, 6) is 2.25. The molecule has 6 nitrogen and oxygen atoms in total. The fraction of sp³-hybridized carbons (Fsp3) is 0.545. The third kappa shape index (κ3) is 4.22. The van der Waals surface area contributed by atoms with Crippen LogP contribution in [0.5, 0.6) is 11.5 Å². The first-order chi connectivity index (χ1) is 13.7. The van der Waals surface area contributed by atoms with Crippen LogP contribution in [0.25, 0.3) is 0 Å². The molecule has 2 heterocycles. The van der Waals surface area contributed by atoms with Gasteiger partial charge < -0.3 is 14.8 Å². The average molecular weight is 384 g/mol. The molecule has 2 amide bonds. The maximum Gasteiger partial charge on any atom is 0.229 e. The largest absolute Gasteiger partial charge is 0.457 e. The summed E-state index contributed by atoms with van der Waals surface area (Å²) in [4.78, 5) is 26.4. The highest BCUT2D eigenvalue weighted by molar-refractivity contribution is 5.98. The van der Waals surface area contributed by atoms with Crippen molar-refractivity contribution in [1.29, 1.82) is 0 Å². The van der Waals surface area contributed by atoms with E-state index in [4.69, 9.17) is 9.47 Å². The van der Waals surface area contributed by atoms with Crippen LogP contribution in [0.4, 0.5) is 0 Å². The molecule has 3 aliphatic rings. The molecule has 4 rings (SSSR count). The Hall–Kier alpha value is -2.34. The van der Waals surface area contributed by atoms with Crippen LogP contribution in [-0.2, 0) is 9.59 Å². The molecule has 1 aliphatic carbocycles. The summed E-state index contributed by atoms with van der Waals surface area (Å²) in [6.07, 6.45) is 8.84. The monoisotopic (exact) mass is 384 g/mol. The van der Waals surface area contributed by atoms with E-state index in [9.17, 15) is 9.59 Å². The number of carbonyl (C=O) groups is 2. The van der Waals surface area contributed by atoms with Gasteiger partial charge in [0.15, 0.2) is 17.3 Å². The number of benzene rings is 1. The molecular formula is C22H28N2O4. The molecule has 1 N–H and O–H groups in total. The number of unbranched alkanes of at least 4 members (excludes halogenated alkanes) is 1. The number of hydrogen-bond donors (Lipinski definition) is 1. The molecule has 1 saturated heterocycles. The second-order valence-corrected chi connectivity index (χ2v) is 8.13. The van der Waals surface area contributed by atoms with Gasteiger partial charge in [0.05, 0.1) is 6.54 Å². The van der Waals surface area contributed by atoms with Gasteiger partial charge in [-0.15, -0.1) is 0 Å². The van der Waals surface area contributed by atoms with Gasteiger partial charge in [-0.05, 0) is 49.8 Å². The molecule has 1 saturated carbocycles. The van der Waals surface area contributed by atoms with Crippen LogP contribution in [-0.4, -0.2) is 36.3 Å². The van der Waals surface area contributed by atoms with E-state index in [-0.39, 0.29) is 17.2 Å². The minimum absolute atomic E-state index is 0.0133. The zero-order valence-electron chi connectivity index (χ0n) is 16.2. The Labute approximate surface area is 165 Å². The molecule has 0 atom stereocenters. The summed E-state index contributed by atoms with van der Waals surface area (Å²) in [5, 5.41) is 3.32. The van der Waals surface area contributed by atoms with Crippen LogP contribution < -0.4 is 14.8 Å². The van der Waals surface area contributed by atoms with Gasteiger partial charge in [-0.1, -0.05) is 25.0 Å². The van der Waals surface area contributed by atoms with Gasteiger partial charge in [-0.25, -0.2) is 0 Å². The van der Waals surface area contributed by atoms with E-state index in [1.807, 2.05) is 24.3 Å². The number of fused-ring (bicyclic) bond motifs is 1. The highest BCUT2D eigenvalue weighted by Gasteiger charge is 2.44. The van der Waals surface area contributed by atoms with E-state index in [0.29, 0.717) is 25.9 Å². The van der Waals surface area contributed by atoms with E-state index in [1.54, 1.807) is 6.26 Å². The minimum atomic E-state index is -0.0133. The SMILES string of the molecule is O=C1CC2(CCCC2)CC(=O)N1CCCCNCC1=COc2ccccc2O1. The number of carbonyl (C=O) groups excluding carboxylic acids is 2. The molecule has 2 fully saturated rings. The van der Waals surface area contributed by atoms with E-state index in [1.165, 1.54) is 4.90 Å². The van der Waals surface area contributed by atoms with Gasteiger partial charge in [0.1, 0.15) is 6.26 Å². The summed E-state index contributed by atoms with van der Waals surface area (Å²) in [5.41, 5.74) is -0.0133. The van der Waals surface area contributed by atoms with E-state index in [0.717, 1.165) is 62.3 Å². The van der Waals surface area contributed by atoms with Gasteiger partial charge in [0.2, 0.25) is 11.8 Å². The maximum atomic E-state index is 12.4. The van der Waals surface area contributed by atoms with Crippen molar-refractivity contribution in [1.82, 2.24) is 10.2 Å². The summed E-state index contributed by atoms with van der Waals surface area (Å²) in [6.45, 7) is 1.91. The van der Waals surface area contributed by atoms with Crippen molar-refractivity contribution in [3.8, 4) is 11.5 Å². The van der Waals surface area contributed by atoms with Crippen LogP contribution in [0, 0.1) is 5.41 Å². The van der Waals surface area contributed by atoms with E-state index in [2.05, 4.69) is 5.32 Å². The van der Waals surface area contributed by atoms with Crippen molar-refractivity contribution < 1.29 is 19.1 Å². The van der Waals surface area contributed by atoms with E-state index < -0.39 is 0 Å². The van der Waals surface area contributed by atoms with Crippen LogP contribution in [0.3, 0.4) is 0 Å². The molecule has 0 unspecified atom stereocenters. The lowest BCUT2D eigenvalue weighted by atomic mass is 9.76. The maximum absolute atomic E-state index is 12.4. The highest BCUT2D eigenvalue weighted by Crippen LogP contribution is 2.46. The molecule has 0 bridgehead atoms. The fourth-order valence-electron chi connectivity index (χ4n) is 4.50. The third-order valence-electron chi connectivity index (χ3n) is 6.01. The molecule has 6 heteroatoms. The van der Waals surface area contributed by atoms with Crippen molar-refractivity contribution in [2.75, 3.05) is 19.6 Å². The molecule has 28 heavy (non-hydrogen) atoms. The number of amides is 2. The predicted octanol–water partition coefficient (Wildman–Crippen LogP) is 3.38. The Bertz CT molecular complexity index is 748. The average Bonchev–Trinajstić information content (AvgIpc) is 3.13. The van der Waals surface area contributed by atoms with Gasteiger partial charge in [-0.2, -0.15) is 0 Å². The third-order valence-corrected chi connectivity index (χ3v) is 6.01. The number of nitrogens with zero attached hydrogens (tertiary/aromatic N) is 1. The summed E-state index contributed by atoms with van der Waals surface area (Å²) in [6, 6.07) is 7.57. The second-order valence-electron chi connectivity index (χ2n) is 8.13. The normalized spacial score (nSPS) is 20.6. The molecule has 1 aromatic rings. The first-order valence-corrected chi connectivity index (χ1v) is 10.3. The van der Waals surface area contributed by atoms with Crippen molar-refractivity contribution in [2.45, 2.75) is 51.4 Å². The van der Waals surface area contributed by atoms with Gasteiger partial charge in [0, 0.05) is 19.4 Å². The smallest absolute Gasteiger partial charge is 0.229 e. The molecule has 150 valence electrons. The standard InChI is InChI=1S/C22H28N2O4/c25-20-13-22(9-3-4-10-22)14-21(26)24(20)12-6-5-11-23-15-17-16-27-18-7-1-2-8-19(18)28-17/h1-2,7-8,16,23H,3-6,9-15H2. The fourth-order valence-corrected chi connectivity index (χ4v) is 4.50. The zero-order valence-corrected chi connectivity index (χ0v) is 16.2. The van der Waals surface area contributed by atoms with Gasteiger partial charge >= 0.3 is 0 Å². The Morgan fingerprint density at radius 2 is 1.71 bits per heavy atom. The molecular weight excluding hydrogens is 356 g/mol. The van der Waals surface area contributed by atoms with Gasteiger partial charge in [0.25, 0.3) is 0 Å². The summed E-state index contributed by atoms with van der Waals surface area (Å²) < 4.78 is 11.3. The van der Waals surface area contributed by atoms with Crippen LogP contribution >= 0.6 is 0 Å². The van der Waals surface area contributed by atoms with Crippen LogP contribution in [0.1, 0.15) is 51.4 Å². The van der Waals surface area contributed by atoms with Crippen molar-refractivity contribution >= 4 is 11.8 Å². The first kappa shape index (κ1) is 19.0. The predicted molar refractivity (Wildman–Crippen MR) is 105 cm³/mol. The number of hydrogen-bond acceptors (Lipinski definition) is 5. The van der Waals surface area contributed by atoms with Crippen molar-refractivity contribution in [3.05, 3.63) is 36.3 Å². The number of nitrogens with one attached hydrogen (secondary N) is 1. The number of imide groups is 1. The quantitative estimate of drug-likeness (QED) is 0.577. The molecule has 1 spiro atoms. The van der Waals surface area contributed by atoms with Gasteiger partial charge in [-0.3, -0.25) is 14.5 Å². The topological polar surface area (TPSA) is 67.9 Å². The lowest BCUT2D eigenvalue weighted by Gasteiger charge is -2.37. The second kappa shape index (κ2) is 8.35. The van der Waals surface area contributed by atoms with Crippen molar-refractivity contribution in [2.24, 2.45) is 5.41 Å². The number of ether oxygens (including phenoxy) is 2. The molecule has 0 radical (unpaired) electrons. The van der Waals surface area contributed by atoms with E-state index >= 15 is 0 Å². The molecule has 1 aromatic carbocycles. The Morgan fingerprint density at radius 3 is 2.46 bits per heavy atom. The zero-order chi connectivity index (χ0) is 19.4. The van der Waals surface area contributed by atoms with Crippen molar-refractivity contribution in [3.63, 3.8) is 0 Å². The lowest BCUT2D eigenvalue weighted by molar-refractivity contribution is -0.153. The number of rotatable bonds is 7. The Morgan fingerprint density at radius 1 is 1.00 bits per heavy atom. The number of likely N-dealkylation sites (tertiary alicyclic amines) is 1. The molecule has 2 aliphatic heterocycles. The van der Waals surface area contributed by atoms with Crippen LogP contribution in [0.2, 0.25) is 0 Å². The number of para-hydroxylation sites is 2. The highest BCUT2D eigenvalue weighted by atomic mass is 16.6. The van der Waals surface area contributed by atoms with Crippen LogP contribution in [0.15, 0.2) is 36.3 Å². The Balaban J connectivity index is 1.14. The first-order valence-electron chi connectivity index (χ1n) is 10.3. The summed E-state index contributed by atoms with van der Waals surface area (Å²) in [7, 11) is 0. The summed E-state index contributed by atoms with van der Waals surface area (Å²) >= 11 is 0.